The number of rotatable bonds is 11. The van der Waals surface area contributed by atoms with E-state index in [1.807, 2.05) is 0 Å². The third-order valence-electron chi connectivity index (χ3n) is 11.9. The highest BCUT2D eigenvalue weighted by Crippen LogP contribution is 2.72. The van der Waals surface area contributed by atoms with E-state index in [1.165, 1.54) is 58.2 Å². The van der Waals surface area contributed by atoms with Gasteiger partial charge in [-0.15, -0.1) is 0 Å². The Labute approximate surface area is 268 Å². The van der Waals surface area contributed by atoms with Crippen LogP contribution in [0.5, 0.6) is 0 Å². The second-order valence-corrected chi connectivity index (χ2v) is 15.1. The van der Waals surface area contributed by atoms with Crippen LogP contribution in [0.2, 0.25) is 0 Å². The molecule has 0 aromatic heterocycles. The van der Waals surface area contributed by atoms with Crippen LogP contribution >= 0.6 is 0 Å². The molecule has 240 valence electrons. The molecule has 4 heteroatoms. The fourth-order valence-corrected chi connectivity index (χ4v) is 9.99. The van der Waals surface area contributed by atoms with Gasteiger partial charge in [0, 0.05) is 17.5 Å². The summed E-state index contributed by atoms with van der Waals surface area (Å²) in [6.07, 6.45) is 6.65. The molecule has 0 heterocycles. The lowest BCUT2D eigenvalue weighted by atomic mass is 9.38. The van der Waals surface area contributed by atoms with Crippen LogP contribution in [-0.4, -0.2) is 12.5 Å². The van der Waals surface area contributed by atoms with Crippen molar-refractivity contribution in [2.45, 2.75) is 114 Å². The molecule has 1 aromatic carbocycles. The number of amides is 1. The lowest BCUT2D eigenvalue weighted by Crippen LogP contribution is -2.58. The summed E-state index contributed by atoms with van der Waals surface area (Å²) in [5.41, 5.74) is 18.3. The van der Waals surface area contributed by atoms with Crippen LogP contribution < -0.4 is 11.1 Å². The van der Waals surface area contributed by atoms with Crippen LogP contribution in [0.3, 0.4) is 0 Å². The van der Waals surface area contributed by atoms with Crippen molar-refractivity contribution in [2.75, 3.05) is 6.61 Å². The molecule has 4 rings (SSSR count). The van der Waals surface area contributed by atoms with E-state index in [4.69, 9.17) is 17.0 Å². The maximum Gasteiger partial charge on any atom is 0.248 e. The molecule has 1 aromatic rings. The molecule has 0 spiro atoms. The van der Waals surface area contributed by atoms with Crippen molar-refractivity contribution in [1.29, 1.82) is 0 Å². The number of carbonyl (C=O) groups excluding carboxylic acids is 1. The zero-order valence-corrected chi connectivity index (χ0v) is 29.4. The molecule has 4 nitrogen and oxygen atoms in total. The van der Waals surface area contributed by atoms with E-state index >= 15 is 0 Å². The average molecular weight is 599 g/mol. The molecule has 0 radical (unpaired) electrons. The first-order chi connectivity index (χ1) is 20.5. The van der Waals surface area contributed by atoms with Crippen LogP contribution in [0.25, 0.3) is 5.57 Å². The Balaban J connectivity index is 1.77. The van der Waals surface area contributed by atoms with Gasteiger partial charge in [-0.2, -0.15) is 0 Å². The Morgan fingerprint density at radius 3 is 2.36 bits per heavy atom. The second-order valence-electron chi connectivity index (χ2n) is 15.1. The number of hydrogen-bond acceptors (Lipinski definition) is 3. The van der Waals surface area contributed by atoms with Gasteiger partial charge in [0.2, 0.25) is 5.91 Å². The minimum atomic E-state index is -0.421. The first-order valence-electron chi connectivity index (χ1n) is 16.8. The number of primary amides is 1. The van der Waals surface area contributed by atoms with Gasteiger partial charge in [0.05, 0.1) is 6.61 Å². The van der Waals surface area contributed by atoms with Crippen molar-refractivity contribution in [1.82, 2.24) is 5.32 Å². The molecule has 3 N–H and O–H groups in total. The number of nitrogens with two attached hydrogens (primary N) is 1. The van der Waals surface area contributed by atoms with Crippen LogP contribution in [0.4, 0.5) is 0 Å². The van der Waals surface area contributed by atoms with Crippen LogP contribution in [0.1, 0.15) is 115 Å². The predicted octanol–water partition coefficient (Wildman–Crippen LogP) is 9.41. The Bertz CT molecular complexity index is 1470. The van der Waals surface area contributed by atoms with Crippen molar-refractivity contribution < 1.29 is 9.53 Å². The summed E-state index contributed by atoms with van der Waals surface area (Å²) in [5, 5.41) is 3.42. The summed E-state index contributed by atoms with van der Waals surface area (Å²) in [4.78, 5) is 12.9. The van der Waals surface area contributed by atoms with Crippen molar-refractivity contribution >= 4 is 11.5 Å². The highest BCUT2D eigenvalue weighted by atomic mass is 16.5. The summed E-state index contributed by atoms with van der Waals surface area (Å²) in [6, 6.07) is 2.34. The Hall–Kier alpha value is -3.01. The van der Waals surface area contributed by atoms with Gasteiger partial charge in [-0.1, -0.05) is 91.2 Å². The number of fused-ring (bicyclic) bond motifs is 3. The minimum Gasteiger partial charge on any atom is -0.480 e. The van der Waals surface area contributed by atoms with Gasteiger partial charge in [0.15, 0.2) is 5.88 Å². The summed E-state index contributed by atoms with van der Waals surface area (Å²) >= 11 is 0. The smallest absolute Gasteiger partial charge is 0.248 e. The lowest BCUT2D eigenvalue weighted by Gasteiger charge is -2.65. The van der Waals surface area contributed by atoms with Gasteiger partial charge in [0.1, 0.15) is 0 Å². The third kappa shape index (κ3) is 5.11. The van der Waals surface area contributed by atoms with Crippen LogP contribution in [0, 0.1) is 41.9 Å². The summed E-state index contributed by atoms with van der Waals surface area (Å²) in [6.45, 7) is 37.8. The number of unbranched alkanes of at least 4 members (excludes halogenated alkanes) is 3. The van der Waals surface area contributed by atoms with Crippen molar-refractivity contribution in [3.63, 3.8) is 0 Å². The third-order valence-corrected chi connectivity index (χ3v) is 11.9. The number of ether oxygens (including phenoxy) is 1. The molecule has 0 unspecified atom stereocenters. The first-order valence-corrected chi connectivity index (χ1v) is 16.8. The molecule has 1 amide bonds. The predicted molar refractivity (Wildman–Crippen MR) is 186 cm³/mol. The largest absolute Gasteiger partial charge is 0.480 e. The standard InChI is InChI=1S/C40H58N2O2/c1-14-15-16-17-18-44-30(10)42-21-31-19-24(4)32-20-38(11)22-39(12)35(23(2)3)27(7)34(37(41)43)28(8)40(39,13)29(9)36(38)26(6)33(32)25(31)5/h19,23,35,42H,6,8,10,14-18,20-22H2,1-5,7,9,11-13H3,(H2,41,43)/t35-,38+,39+,40+/m1/s1. The Morgan fingerprint density at radius 2 is 1.77 bits per heavy atom. The average Bonchev–Trinajstić information content (AvgIpc) is 2.91. The summed E-state index contributed by atoms with van der Waals surface area (Å²) in [5.74, 6) is 0.829. The Morgan fingerprint density at radius 1 is 1.11 bits per heavy atom. The van der Waals surface area contributed by atoms with E-state index in [1.54, 1.807) is 0 Å². The topological polar surface area (TPSA) is 64.3 Å². The molecule has 4 atom stereocenters. The van der Waals surface area contributed by atoms with E-state index in [-0.39, 0.29) is 22.7 Å². The zero-order chi connectivity index (χ0) is 32.9. The van der Waals surface area contributed by atoms with Gasteiger partial charge in [-0.25, -0.2) is 0 Å². The Kier molecular flexibility index (Phi) is 9.29. The highest BCUT2D eigenvalue weighted by Gasteiger charge is 2.63. The first kappa shape index (κ1) is 33.9. The second kappa shape index (κ2) is 12.1. The zero-order valence-electron chi connectivity index (χ0n) is 29.4. The van der Waals surface area contributed by atoms with Gasteiger partial charge in [-0.05, 0) is 121 Å². The van der Waals surface area contributed by atoms with Crippen LogP contribution in [-0.2, 0) is 22.5 Å². The molecule has 0 saturated carbocycles. The van der Waals surface area contributed by atoms with E-state index < -0.39 is 5.41 Å². The van der Waals surface area contributed by atoms with E-state index in [0.29, 0.717) is 30.5 Å². The fraction of sp³-hybridized carbons (Fsp3) is 0.575. The van der Waals surface area contributed by atoms with E-state index in [2.05, 4.69) is 93.8 Å². The number of nitrogens with one attached hydrogen (secondary N) is 1. The summed E-state index contributed by atoms with van der Waals surface area (Å²) < 4.78 is 5.88. The molecular weight excluding hydrogens is 540 g/mol. The highest BCUT2D eigenvalue weighted by molar-refractivity contribution is 5.99. The van der Waals surface area contributed by atoms with E-state index in [0.717, 1.165) is 36.0 Å². The minimum absolute atomic E-state index is 0.0861. The molecule has 3 aliphatic rings. The molecule has 0 fully saturated rings. The maximum atomic E-state index is 12.9. The number of aryl methyl sites for hydroxylation is 1. The normalized spacial score (nSPS) is 28.1. The van der Waals surface area contributed by atoms with Gasteiger partial charge in [-0.3, -0.25) is 4.79 Å². The van der Waals surface area contributed by atoms with Gasteiger partial charge < -0.3 is 15.8 Å². The summed E-state index contributed by atoms with van der Waals surface area (Å²) in [7, 11) is 0. The van der Waals surface area contributed by atoms with Gasteiger partial charge in [0.25, 0.3) is 0 Å². The van der Waals surface area contributed by atoms with E-state index in [9.17, 15) is 4.79 Å². The number of benzene rings is 1. The number of hydrogen-bond donors (Lipinski definition) is 2. The molecule has 3 aliphatic carbocycles. The molecule has 0 saturated heterocycles. The monoisotopic (exact) mass is 598 g/mol. The fourth-order valence-electron chi connectivity index (χ4n) is 9.99. The van der Waals surface area contributed by atoms with Crippen LogP contribution in [0.15, 0.2) is 59.6 Å². The SMILES string of the molecule is C=C(NCc1cc(C)c2c(c1C)C(=C)C1=C(C)[C@]3(C)C(=C)C(C(N)=O)=C(C)[C@@H](C(C)C)[C@]3(C)C[C@]1(C)C2)OCCCCCC. The quantitative estimate of drug-likeness (QED) is 0.197. The van der Waals surface area contributed by atoms with Crippen molar-refractivity contribution in [3.05, 3.63) is 87.4 Å². The molecular formula is C40H58N2O2. The molecule has 0 bridgehead atoms. The van der Waals surface area contributed by atoms with Crippen molar-refractivity contribution in [3.8, 4) is 0 Å². The number of carbonyl (C=O) groups is 1. The van der Waals surface area contributed by atoms with Crippen molar-refractivity contribution in [2.24, 2.45) is 33.8 Å². The molecule has 44 heavy (non-hydrogen) atoms. The van der Waals surface area contributed by atoms with Gasteiger partial charge >= 0.3 is 0 Å². The molecule has 0 aliphatic heterocycles. The maximum absolute atomic E-state index is 12.9. The number of allylic oxidation sites excluding steroid dienone is 4. The lowest BCUT2D eigenvalue weighted by molar-refractivity contribution is -0.115.